The van der Waals surface area contributed by atoms with Gasteiger partial charge in [-0.1, -0.05) is 12.1 Å². The normalized spacial score (nSPS) is 16.6. The lowest BCUT2D eigenvalue weighted by atomic mass is 10.2. The summed E-state index contributed by atoms with van der Waals surface area (Å²) in [5, 5.41) is 11.2. The van der Waals surface area contributed by atoms with Crippen LogP contribution in [0.1, 0.15) is 22.5 Å². The summed E-state index contributed by atoms with van der Waals surface area (Å²) in [5.41, 5.74) is 0.955. The molecule has 1 aromatic carbocycles. The molecule has 156 valence electrons. The molecule has 0 amide bonds. The summed E-state index contributed by atoms with van der Waals surface area (Å²) in [5.74, 6) is -0.905. The number of pyridine rings is 1. The summed E-state index contributed by atoms with van der Waals surface area (Å²) in [6.45, 7) is 1.28. The second kappa shape index (κ2) is 7.94. The van der Waals surface area contributed by atoms with Crippen molar-refractivity contribution >= 4 is 23.0 Å². The average Bonchev–Trinajstić information content (AvgIpc) is 3.38. The van der Waals surface area contributed by atoms with Crippen LogP contribution >= 0.6 is 11.3 Å². The van der Waals surface area contributed by atoms with Crippen molar-refractivity contribution in [2.45, 2.75) is 18.7 Å². The van der Waals surface area contributed by atoms with Gasteiger partial charge in [0.15, 0.2) is 5.69 Å². The first-order chi connectivity index (χ1) is 14.3. The Hall–Kier alpha value is -3.14. The van der Waals surface area contributed by atoms with Gasteiger partial charge in [-0.2, -0.15) is 13.2 Å². The number of hydrogen-bond acceptors (Lipinski definition) is 6. The van der Waals surface area contributed by atoms with E-state index in [0.29, 0.717) is 24.5 Å². The molecule has 6 nitrogen and oxygen atoms in total. The molecule has 0 saturated carbocycles. The highest BCUT2D eigenvalue weighted by molar-refractivity contribution is 7.13. The molecule has 1 fully saturated rings. The number of carboxylic acids is 1. The van der Waals surface area contributed by atoms with Crippen molar-refractivity contribution in [1.82, 2.24) is 9.97 Å². The lowest BCUT2D eigenvalue weighted by Gasteiger charge is -2.19. The second-order valence-electron chi connectivity index (χ2n) is 6.75. The summed E-state index contributed by atoms with van der Waals surface area (Å²) < 4.78 is 43.7. The van der Waals surface area contributed by atoms with E-state index in [9.17, 15) is 18.0 Å². The number of benzene rings is 1. The zero-order valence-electron chi connectivity index (χ0n) is 15.5. The number of halogens is 3. The monoisotopic (exact) mass is 435 g/mol. The van der Waals surface area contributed by atoms with E-state index in [1.54, 1.807) is 0 Å². The highest BCUT2D eigenvalue weighted by Gasteiger charge is 2.31. The van der Waals surface area contributed by atoms with Gasteiger partial charge in [-0.3, -0.25) is 0 Å². The molecule has 30 heavy (non-hydrogen) atoms. The predicted octanol–water partition coefficient (Wildman–Crippen LogP) is 4.58. The molecule has 1 N–H and O–H groups in total. The zero-order valence-corrected chi connectivity index (χ0v) is 16.3. The molecule has 0 radical (unpaired) electrons. The second-order valence-corrected chi connectivity index (χ2v) is 7.61. The first kappa shape index (κ1) is 20.1. The third-order valence-electron chi connectivity index (χ3n) is 4.68. The van der Waals surface area contributed by atoms with E-state index in [4.69, 9.17) is 9.84 Å². The van der Waals surface area contributed by atoms with Crippen molar-refractivity contribution in [3.63, 3.8) is 0 Å². The highest BCUT2D eigenvalue weighted by atomic mass is 32.1. The van der Waals surface area contributed by atoms with Crippen molar-refractivity contribution in [1.29, 1.82) is 0 Å². The third kappa shape index (κ3) is 4.38. The Labute approximate surface area is 173 Å². The summed E-state index contributed by atoms with van der Waals surface area (Å²) in [6.07, 6.45) is -3.15. The Balaban J connectivity index is 1.42. The van der Waals surface area contributed by atoms with Gasteiger partial charge < -0.3 is 14.7 Å². The smallest absolute Gasteiger partial charge is 0.417 e. The van der Waals surface area contributed by atoms with Crippen LogP contribution < -0.4 is 9.64 Å². The maximum absolute atomic E-state index is 12.6. The minimum absolute atomic E-state index is 0.0130. The Kier molecular flexibility index (Phi) is 5.33. The molecule has 0 spiro atoms. The largest absolute Gasteiger partial charge is 0.476 e. The fraction of sp³-hybridized carbons (Fsp3) is 0.250. The van der Waals surface area contributed by atoms with Crippen LogP contribution in [0.2, 0.25) is 0 Å². The van der Waals surface area contributed by atoms with Crippen molar-refractivity contribution in [2.75, 3.05) is 18.0 Å². The molecule has 1 aliphatic heterocycles. The SMILES string of the molecule is O=C(O)c1csc(-c2cccc(N3CCC(Oc4ccc(C(F)(F)F)cn4)C3)c2)n1. The number of rotatable bonds is 5. The van der Waals surface area contributed by atoms with Gasteiger partial charge in [-0.25, -0.2) is 14.8 Å². The summed E-state index contributed by atoms with van der Waals surface area (Å²) in [4.78, 5) is 21.0. The van der Waals surface area contributed by atoms with Gasteiger partial charge in [0.05, 0.1) is 12.1 Å². The molecule has 0 aliphatic carbocycles. The van der Waals surface area contributed by atoms with Gasteiger partial charge in [0, 0.05) is 41.9 Å². The van der Waals surface area contributed by atoms with Crippen LogP contribution in [0.5, 0.6) is 5.88 Å². The van der Waals surface area contributed by atoms with Crippen molar-refractivity contribution < 1.29 is 27.8 Å². The van der Waals surface area contributed by atoms with Gasteiger partial charge in [0.25, 0.3) is 0 Å². The van der Waals surface area contributed by atoms with Gasteiger partial charge in [0.2, 0.25) is 5.88 Å². The van der Waals surface area contributed by atoms with E-state index in [1.807, 2.05) is 24.3 Å². The molecule has 2 aromatic heterocycles. The first-order valence-corrected chi connectivity index (χ1v) is 9.91. The van der Waals surface area contributed by atoms with E-state index in [1.165, 1.54) is 22.8 Å². The van der Waals surface area contributed by atoms with Gasteiger partial charge in [0.1, 0.15) is 11.1 Å². The van der Waals surface area contributed by atoms with Crippen LogP contribution in [-0.2, 0) is 6.18 Å². The van der Waals surface area contributed by atoms with Gasteiger partial charge in [-0.15, -0.1) is 11.3 Å². The minimum atomic E-state index is -4.43. The number of anilines is 1. The summed E-state index contributed by atoms with van der Waals surface area (Å²) in [6, 6.07) is 9.80. The maximum atomic E-state index is 12.6. The number of alkyl halides is 3. The minimum Gasteiger partial charge on any atom is -0.476 e. The molecule has 1 atom stereocenters. The van der Waals surface area contributed by atoms with Crippen molar-refractivity contribution in [2.24, 2.45) is 0 Å². The van der Waals surface area contributed by atoms with Crippen LogP contribution in [0.25, 0.3) is 10.6 Å². The predicted molar refractivity (Wildman–Crippen MR) is 105 cm³/mol. The number of nitrogens with zero attached hydrogens (tertiary/aromatic N) is 3. The Morgan fingerprint density at radius 2 is 2.10 bits per heavy atom. The third-order valence-corrected chi connectivity index (χ3v) is 5.57. The molecular weight excluding hydrogens is 419 g/mol. The van der Waals surface area contributed by atoms with Crippen LogP contribution in [0.15, 0.2) is 48.0 Å². The molecule has 3 heterocycles. The topological polar surface area (TPSA) is 75.5 Å². The van der Waals surface area contributed by atoms with Crippen LogP contribution in [0, 0.1) is 0 Å². The first-order valence-electron chi connectivity index (χ1n) is 9.04. The van der Waals surface area contributed by atoms with E-state index in [-0.39, 0.29) is 17.7 Å². The van der Waals surface area contributed by atoms with Crippen LogP contribution in [-0.4, -0.2) is 40.2 Å². The number of aromatic nitrogens is 2. The molecule has 1 saturated heterocycles. The number of thiazole rings is 1. The average molecular weight is 435 g/mol. The van der Waals surface area contributed by atoms with Crippen molar-refractivity contribution in [3.05, 3.63) is 59.2 Å². The molecule has 4 rings (SSSR count). The molecule has 10 heteroatoms. The van der Waals surface area contributed by atoms with Crippen LogP contribution in [0.4, 0.5) is 18.9 Å². The van der Waals surface area contributed by atoms with E-state index >= 15 is 0 Å². The number of aromatic carboxylic acids is 1. The van der Waals surface area contributed by atoms with E-state index < -0.39 is 17.7 Å². The highest BCUT2D eigenvalue weighted by Crippen LogP contribution is 2.31. The number of hydrogen-bond donors (Lipinski definition) is 1. The molecule has 1 aliphatic rings. The number of carboxylic acid groups (broad SMARTS) is 1. The van der Waals surface area contributed by atoms with Gasteiger partial charge >= 0.3 is 12.1 Å². The fourth-order valence-electron chi connectivity index (χ4n) is 3.19. The molecule has 0 bridgehead atoms. The van der Waals surface area contributed by atoms with E-state index in [2.05, 4.69) is 14.9 Å². The number of carbonyl (C=O) groups is 1. The van der Waals surface area contributed by atoms with Crippen LogP contribution in [0.3, 0.4) is 0 Å². The zero-order chi connectivity index (χ0) is 21.3. The van der Waals surface area contributed by atoms with Gasteiger partial charge in [-0.05, 0) is 18.2 Å². The van der Waals surface area contributed by atoms with E-state index in [0.717, 1.165) is 23.5 Å². The maximum Gasteiger partial charge on any atom is 0.417 e. The Morgan fingerprint density at radius 1 is 1.27 bits per heavy atom. The quantitative estimate of drug-likeness (QED) is 0.632. The van der Waals surface area contributed by atoms with Crippen molar-refractivity contribution in [3.8, 4) is 16.5 Å². The number of ether oxygens (including phenoxy) is 1. The fourth-order valence-corrected chi connectivity index (χ4v) is 3.98. The molecule has 1 unspecified atom stereocenters. The lowest BCUT2D eigenvalue weighted by molar-refractivity contribution is -0.137. The lowest BCUT2D eigenvalue weighted by Crippen LogP contribution is -2.24. The standard InChI is InChI=1S/C20H16F3N3O3S/c21-20(22,23)13-4-5-17(24-9-13)29-15-6-7-26(10-15)14-3-1-2-12(8-14)18-25-16(11-30-18)19(27)28/h1-5,8-9,11,15H,6-7,10H2,(H,27,28). The summed E-state index contributed by atoms with van der Waals surface area (Å²) >= 11 is 1.26. The molecule has 3 aromatic rings. The Bertz CT molecular complexity index is 1050. The summed E-state index contributed by atoms with van der Waals surface area (Å²) in [7, 11) is 0. The Morgan fingerprint density at radius 3 is 2.77 bits per heavy atom. The molecular formula is C20H16F3N3O3S.